The summed E-state index contributed by atoms with van der Waals surface area (Å²) in [6.45, 7) is 0. The summed E-state index contributed by atoms with van der Waals surface area (Å²) in [7, 11) is 0. The molecule has 0 saturated heterocycles. The maximum absolute atomic E-state index is 12.8. The van der Waals surface area contributed by atoms with Crippen molar-refractivity contribution in [3.05, 3.63) is 113 Å². The Morgan fingerprint density at radius 1 is 0.838 bits per heavy atom. The maximum Gasteiger partial charge on any atom is 0.255 e. The molecule has 0 radical (unpaired) electrons. The molecule has 1 aromatic heterocycles. The Bertz CT molecular complexity index is 1600. The fourth-order valence-electron chi connectivity index (χ4n) is 4.53. The van der Waals surface area contributed by atoms with Gasteiger partial charge in [-0.05, 0) is 84.6 Å². The van der Waals surface area contributed by atoms with Crippen LogP contribution >= 0.6 is 11.6 Å². The number of carbonyl (C=O) groups excluding carboxylic acids is 2. The number of hydrogen-bond donors (Lipinski definition) is 3. The highest BCUT2D eigenvalue weighted by Gasteiger charge is 2.43. The lowest BCUT2D eigenvalue weighted by Crippen LogP contribution is -2.14. The number of aromatic amines is 1. The molecular weight excluding hydrogens is 484 g/mol. The molecular formula is C30H23ClN4O2. The fraction of sp³-hybridized carbons (Fsp3) is 0.100. The standard InChI is InChI=1S/C30H23ClN4O2/c31-21-10-6-20(7-11-21)29(36)32-22-12-8-19(9-13-22)28-34-26-15-14-23(16-27(26)35-28)33-30(37)25-17-24(25)18-4-2-1-3-5-18/h1-16,24-25H,17H2,(H,32,36)(H,33,37)(H,34,35). The van der Waals surface area contributed by atoms with Crippen molar-refractivity contribution in [1.82, 2.24) is 9.97 Å². The number of amides is 2. The highest BCUT2D eigenvalue weighted by atomic mass is 35.5. The average molecular weight is 507 g/mol. The van der Waals surface area contributed by atoms with Crippen LogP contribution in [0.15, 0.2) is 97.1 Å². The maximum atomic E-state index is 12.8. The van der Waals surface area contributed by atoms with Crippen molar-refractivity contribution in [2.75, 3.05) is 10.6 Å². The molecule has 1 saturated carbocycles. The number of nitrogens with zero attached hydrogens (tertiary/aromatic N) is 1. The van der Waals surface area contributed by atoms with Crippen molar-refractivity contribution in [2.45, 2.75) is 12.3 Å². The number of hydrogen-bond acceptors (Lipinski definition) is 3. The van der Waals surface area contributed by atoms with E-state index in [-0.39, 0.29) is 17.7 Å². The molecule has 1 aliphatic carbocycles. The third-order valence-electron chi connectivity index (χ3n) is 6.63. The van der Waals surface area contributed by atoms with Gasteiger partial charge < -0.3 is 15.6 Å². The fourth-order valence-corrected chi connectivity index (χ4v) is 4.65. The molecule has 0 bridgehead atoms. The van der Waals surface area contributed by atoms with Crippen LogP contribution in [0.2, 0.25) is 5.02 Å². The van der Waals surface area contributed by atoms with Gasteiger partial charge in [-0.25, -0.2) is 4.98 Å². The van der Waals surface area contributed by atoms with Crippen LogP contribution in [-0.2, 0) is 4.79 Å². The van der Waals surface area contributed by atoms with Gasteiger partial charge in [0.2, 0.25) is 5.91 Å². The zero-order valence-electron chi connectivity index (χ0n) is 19.7. The number of imidazole rings is 1. The Balaban J connectivity index is 1.12. The molecule has 37 heavy (non-hydrogen) atoms. The van der Waals surface area contributed by atoms with Crippen molar-refractivity contribution >= 4 is 45.8 Å². The van der Waals surface area contributed by atoms with Crippen LogP contribution in [0.5, 0.6) is 0 Å². The van der Waals surface area contributed by atoms with Crippen LogP contribution in [0.4, 0.5) is 11.4 Å². The van der Waals surface area contributed by atoms with E-state index in [1.807, 2.05) is 60.7 Å². The van der Waals surface area contributed by atoms with E-state index in [0.717, 1.165) is 28.7 Å². The molecule has 0 spiro atoms. The molecule has 182 valence electrons. The predicted octanol–water partition coefficient (Wildman–Crippen LogP) is 6.88. The van der Waals surface area contributed by atoms with Gasteiger partial charge in [-0.2, -0.15) is 0 Å². The smallest absolute Gasteiger partial charge is 0.255 e. The van der Waals surface area contributed by atoms with Crippen LogP contribution in [0, 0.1) is 5.92 Å². The SMILES string of the molecule is O=C(Nc1ccc(-c2nc3ccc(NC(=O)C4CC4c4ccccc4)cc3[nH]2)cc1)c1ccc(Cl)cc1. The summed E-state index contributed by atoms with van der Waals surface area (Å²) in [5.41, 5.74) is 5.70. The quantitative estimate of drug-likeness (QED) is 0.234. The molecule has 2 amide bonds. The Morgan fingerprint density at radius 3 is 2.32 bits per heavy atom. The number of rotatable bonds is 6. The van der Waals surface area contributed by atoms with Crippen molar-refractivity contribution in [2.24, 2.45) is 5.92 Å². The van der Waals surface area contributed by atoms with Crippen LogP contribution in [0.3, 0.4) is 0 Å². The number of nitrogens with one attached hydrogen (secondary N) is 3. The number of benzene rings is 4. The van der Waals surface area contributed by atoms with E-state index < -0.39 is 0 Å². The molecule has 5 aromatic rings. The zero-order chi connectivity index (χ0) is 25.4. The highest BCUT2D eigenvalue weighted by molar-refractivity contribution is 6.30. The van der Waals surface area contributed by atoms with E-state index in [0.29, 0.717) is 28.0 Å². The minimum Gasteiger partial charge on any atom is -0.338 e. The lowest BCUT2D eigenvalue weighted by atomic mass is 10.1. The lowest BCUT2D eigenvalue weighted by Gasteiger charge is -2.06. The second-order valence-corrected chi connectivity index (χ2v) is 9.64. The van der Waals surface area contributed by atoms with E-state index in [2.05, 4.69) is 32.7 Å². The summed E-state index contributed by atoms with van der Waals surface area (Å²) in [6.07, 6.45) is 0.877. The number of aromatic nitrogens is 2. The Kier molecular flexibility index (Phi) is 5.94. The molecule has 1 fully saturated rings. The molecule has 6 nitrogen and oxygen atoms in total. The molecule has 1 aliphatic rings. The highest BCUT2D eigenvalue weighted by Crippen LogP contribution is 2.47. The number of carbonyl (C=O) groups is 2. The van der Waals surface area contributed by atoms with Gasteiger partial charge in [0, 0.05) is 33.4 Å². The molecule has 4 aromatic carbocycles. The minimum absolute atomic E-state index is 0.00845. The Labute approximate surface area is 218 Å². The average Bonchev–Trinajstić information content (AvgIpc) is 3.62. The summed E-state index contributed by atoms with van der Waals surface area (Å²) < 4.78 is 0. The van der Waals surface area contributed by atoms with Gasteiger partial charge >= 0.3 is 0 Å². The summed E-state index contributed by atoms with van der Waals surface area (Å²) in [5, 5.41) is 6.52. The largest absolute Gasteiger partial charge is 0.338 e. The van der Waals surface area contributed by atoms with E-state index >= 15 is 0 Å². The molecule has 0 aliphatic heterocycles. The second-order valence-electron chi connectivity index (χ2n) is 9.20. The molecule has 1 heterocycles. The van der Waals surface area contributed by atoms with Crippen LogP contribution < -0.4 is 10.6 Å². The van der Waals surface area contributed by atoms with E-state index in [4.69, 9.17) is 11.6 Å². The summed E-state index contributed by atoms with van der Waals surface area (Å²) in [4.78, 5) is 33.2. The molecule has 6 rings (SSSR count). The zero-order valence-corrected chi connectivity index (χ0v) is 20.5. The lowest BCUT2D eigenvalue weighted by molar-refractivity contribution is -0.117. The second kappa shape index (κ2) is 9.56. The van der Waals surface area contributed by atoms with Crippen molar-refractivity contribution in [1.29, 1.82) is 0 Å². The minimum atomic E-state index is -0.205. The molecule has 7 heteroatoms. The summed E-state index contributed by atoms with van der Waals surface area (Å²) >= 11 is 5.89. The van der Waals surface area contributed by atoms with Crippen molar-refractivity contribution in [3.63, 3.8) is 0 Å². The number of halogens is 1. The van der Waals surface area contributed by atoms with Crippen LogP contribution in [-0.4, -0.2) is 21.8 Å². The molecule has 2 atom stereocenters. The van der Waals surface area contributed by atoms with Gasteiger partial charge in [0.05, 0.1) is 11.0 Å². The normalized spacial score (nSPS) is 16.4. The van der Waals surface area contributed by atoms with Crippen molar-refractivity contribution in [3.8, 4) is 11.4 Å². The van der Waals surface area contributed by atoms with Crippen LogP contribution in [0.1, 0.15) is 28.3 Å². The predicted molar refractivity (Wildman–Crippen MR) is 147 cm³/mol. The summed E-state index contributed by atoms with van der Waals surface area (Å²) in [5.74, 6) is 0.852. The number of H-pyrrole nitrogens is 1. The Morgan fingerprint density at radius 2 is 1.57 bits per heavy atom. The number of fused-ring (bicyclic) bond motifs is 1. The third-order valence-corrected chi connectivity index (χ3v) is 6.88. The topological polar surface area (TPSA) is 86.9 Å². The van der Waals surface area contributed by atoms with E-state index in [1.165, 1.54) is 5.56 Å². The van der Waals surface area contributed by atoms with E-state index in [1.54, 1.807) is 24.3 Å². The Hall–Kier alpha value is -4.42. The third kappa shape index (κ3) is 4.97. The molecule has 3 N–H and O–H groups in total. The van der Waals surface area contributed by atoms with Crippen LogP contribution in [0.25, 0.3) is 22.4 Å². The van der Waals surface area contributed by atoms with Gasteiger partial charge in [0.25, 0.3) is 5.91 Å². The van der Waals surface area contributed by atoms with Gasteiger partial charge in [-0.3, -0.25) is 9.59 Å². The summed E-state index contributed by atoms with van der Waals surface area (Å²) in [6, 6.07) is 30.1. The first-order chi connectivity index (χ1) is 18.0. The van der Waals surface area contributed by atoms with Gasteiger partial charge in [0.15, 0.2) is 0 Å². The van der Waals surface area contributed by atoms with E-state index in [9.17, 15) is 9.59 Å². The van der Waals surface area contributed by atoms with Gasteiger partial charge in [-0.15, -0.1) is 0 Å². The first kappa shape index (κ1) is 23.0. The molecule has 2 unspecified atom stereocenters. The first-order valence-corrected chi connectivity index (χ1v) is 12.4. The van der Waals surface area contributed by atoms with Crippen molar-refractivity contribution < 1.29 is 9.59 Å². The first-order valence-electron chi connectivity index (χ1n) is 12.1. The monoisotopic (exact) mass is 506 g/mol. The van der Waals surface area contributed by atoms with Gasteiger partial charge in [0.1, 0.15) is 5.82 Å². The van der Waals surface area contributed by atoms with Gasteiger partial charge in [-0.1, -0.05) is 41.9 Å². The number of anilines is 2.